The Morgan fingerprint density at radius 2 is 1.13 bits per heavy atom. The maximum Gasteiger partial charge on any atom is 0.302 e. The molecule has 10 heteroatoms. The van der Waals surface area contributed by atoms with Crippen molar-refractivity contribution < 1.29 is 47.5 Å². The van der Waals surface area contributed by atoms with Crippen LogP contribution in [0.2, 0.25) is 0 Å². The third kappa shape index (κ3) is 5.87. The lowest BCUT2D eigenvalue weighted by molar-refractivity contribution is -0.207. The summed E-state index contributed by atoms with van der Waals surface area (Å²) in [6, 6.07) is 0. The largest absolute Gasteiger partial charge is 0.483 e. The summed E-state index contributed by atoms with van der Waals surface area (Å²) in [6.45, 7) is 20.9. The number of ketones is 1. The minimum Gasteiger partial charge on any atom is -0.483 e. The molecule has 4 aliphatic carbocycles. The summed E-state index contributed by atoms with van der Waals surface area (Å²) < 4.78 is 45.9. The number of hydrogen-bond acceptors (Lipinski definition) is 10. The molecule has 0 amide bonds. The molecule has 0 aromatic rings. The van der Waals surface area contributed by atoms with Crippen LogP contribution in [0.25, 0.3) is 0 Å². The van der Waals surface area contributed by atoms with E-state index in [-0.39, 0.29) is 82.1 Å². The number of fused-ring (bicyclic) bond motifs is 10. The molecule has 300 valence electrons. The molecule has 0 aromatic carbocycles. The minimum absolute atomic E-state index is 0.0363. The number of Topliss-reactive ketones (excluding diaryl/α,β-unsaturated/α-hetero) is 1. The van der Waals surface area contributed by atoms with Crippen LogP contribution >= 0.6 is 0 Å². The second-order valence-corrected chi connectivity index (χ2v) is 21.2. The van der Waals surface area contributed by atoms with Crippen LogP contribution < -0.4 is 0 Å². The summed E-state index contributed by atoms with van der Waals surface area (Å²) in [4.78, 5) is 41.1. The fourth-order valence-corrected chi connectivity index (χ4v) is 13.2. The van der Waals surface area contributed by atoms with E-state index in [4.69, 9.17) is 33.2 Å². The molecule has 4 bridgehead atoms. The zero-order chi connectivity index (χ0) is 38.6. The van der Waals surface area contributed by atoms with Crippen LogP contribution in [-0.2, 0) is 47.5 Å². The van der Waals surface area contributed by atoms with E-state index < -0.39 is 34.7 Å². The fraction of sp³-hybridized carbons (Fsp3) is 0.886. The lowest BCUT2D eigenvalue weighted by Gasteiger charge is -2.60. The van der Waals surface area contributed by atoms with Crippen molar-refractivity contribution in [3.63, 3.8) is 0 Å². The van der Waals surface area contributed by atoms with E-state index in [1.165, 1.54) is 13.8 Å². The first kappa shape index (κ1) is 37.6. The predicted molar refractivity (Wildman–Crippen MR) is 197 cm³/mol. The first-order valence-electron chi connectivity index (χ1n) is 21.1. The number of carbonyl (C=O) groups excluding carboxylic acids is 3. The lowest BCUT2D eigenvalue weighted by atomic mass is 9.50. The second-order valence-electron chi connectivity index (χ2n) is 21.2. The number of carbonyl (C=O) groups is 3. The molecule has 15 atom stereocenters. The van der Waals surface area contributed by atoms with Crippen molar-refractivity contribution >= 4 is 17.7 Å². The number of esters is 2. The highest BCUT2D eigenvalue weighted by molar-refractivity contribution is 5.90. The fourth-order valence-electron chi connectivity index (χ4n) is 13.2. The topological polar surface area (TPSA) is 129 Å². The molecule has 0 aromatic heterocycles. The van der Waals surface area contributed by atoms with Gasteiger partial charge in [-0.2, -0.15) is 0 Å². The maximum atomic E-state index is 15.2. The quantitative estimate of drug-likeness (QED) is 0.209. The van der Waals surface area contributed by atoms with Gasteiger partial charge in [-0.15, -0.1) is 0 Å². The number of epoxide rings is 4. The molecule has 4 saturated heterocycles. The number of rotatable bonds is 2. The Morgan fingerprint density at radius 1 is 0.630 bits per heavy atom. The minimum atomic E-state index is -1.18. The summed E-state index contributed by atoms with van der Waals surface area (Å²) in [5.74, 6) is -0.0130. The van der Waals surface area contributed by atoms with E-state index in [0.29, 0.717) is 38.5 Å². The normalized spacial score (nSPS) is 52.4. The third-order valence-electron chi connectivity index (χ3n) is 16.9. The molecule has 0 unspecified atom stereocenters. The SMILES string of the molecule is CC(=O)O[C@@H]1C[C@]2(C)O[C@H]2CC[C@]2(C)O[C@H]2C[C@@H]2CC3=C(CC[C@]4(O3)C(=O)C[C@H]3C[C@@H]5O[C@@]5(C)CC[C@@H]5O[C@@]5(C)C[C@@H](OC(C)=O)[C@H]4C3(C)C)[C@@H]1C2(C)C. The molecule has 54 heavy (non-hydrogen) atoms. The van der Waals surface area contributed by atoms with E-state index in [9.17, 15) is 9.59 Å². The number of ether oxygens (including phenoxy) is 7. The Bertz CT molecular complexity index is 1670. The molecule has 9 aliphatic rings. The van der Waals surface area contributed by atoms with Crippen LogP contribution in [0.4, 0.5) is 0 Å². The van der Waals surface area contributed by atoms with E-state index in [1.54, 1.807) is 0 Å². The Balaban J connectivity index is 1.14. The first-order chi connectivity index (χ1) is 25.1. The molecule has 9 rings (SSSR count). The van der Waals surface area contributed by atoms with Gasteiger partial charge in [0.1, 0.15) is 12.2 Å². The molecular formula is C44H64O10. The Hall–Kier alpha value is -2.01. The summed E-state index contributed by atoms with van der Waals surface area (Å²) in [5.41, 5.74) is -1.93. The van der Waals surface area contributed by atoms with Gasteiger partial charge < -0.3 is 33.2 Å². The van der Waals surface area contributed by atoms with Crippen molar-refractivity contribution in [2.45, 2.75) is 211 Å². The second kappa shape index (κ2) is 11.8. The van der Waals surface area contributed by atoms with Crippen molar-refractivity contribution in [3.8, 4) is 0 Å². The highest BCUT2D eigenvalue weighted by atomic mass is 16.6. The number of allylic oxidation sites excluding steroid dienone is 1. The van der Waals surface area contributed by atoms with Crippen molar-refractivity contribution in [2.75, 3.05) is 0 Å². The van der Waals surface area contributed by atoms with Gasteiger partial charge in [0.05, 0.1) is 52.6 Å². The molecule has 1 spiro atoms. The predicted octanol–water partition coefficient (Wildman–Crippen LogP) is 7.32. The standard InChI is InChI=1S/C44H64O10/c1-23(45)48-29-21-42(9)32(51-42)12-14-40(7)34(53-40)19-25-17-28-27(36(29)38(25,3)4)11-16-44(50-28)31(47)18-26-20-35-41(8,54-35)15-13-33-43(10,52-33)22-30(49-24(2)46)37(44)39(26,5)6/h25-26,29-30,32-37H,11-22H2,1-10H3/t25-,26-,29+,30+,32-,33-,34-,35-,36-,37-,40-,41-,42-,43-,44-/m0/s1. The summed E-state index contributed by atoms with van der Waals surface area (Å²) in [6.07, 6.45) is 7.99. The molecule has 5 heterocycles. The third-order valence-corrected chi connectivity index (χ3v) is 16.9. The highest BCUT2D eigenvalue weighted by Gasteiger charge is 2.70. The van der Waals surface area contributed by atoms with Gasteiger partial charge in [0.15, 0.2) is 11.4 Å². The van der Waals surface area contributed by atoms with Crippen LogP contribution in [0.15, 0.2) is 11.3 Å². The Morgan fingerprint density at radius 3 is 1.69 bits per heavy atom. The Labute approximate surface area is 321 Å². The zero-order valence-electron chi connectivity index (χ0n) is 34.3. The van der Waals surface area contributed by atoms with E-state index in [1.807, 2.05) is 0 Å². The van der Waals surface area contributed by atoms with Gasteiger partial charge in [-0.05, 0) is 107 Å². The van der Waals surface area contributed by atoms with Gasteiger partial charge in [0.2, 0.25) is 0 Å². The zero-order valence-corrected chi connectivity index (χ0v) is 34.3. The summed E-state index contributed by atoms with van der Waals surface area (Å²) in [5, 5.41) is 0. The molecule has 0 radical (unpaired) electrons. The average Bonchev–Trinajstić information content (AvgIpc) is 4.00. The average molecular weight is 753 g/mol. The lowest BCUT2D eigenvalue weighted by Crippen LogP contribution is -2.65. The van der Waals surface area contributed by atoms with E-state index >= 15 is 4.79 Å². The van der Waals surface area contributed by atoms with Crippen molar-refractivity contribution in [2.24, 2.45) is 34.5 Å². The molecule has 10 nitrogen and oxygen atoms in total. The molecular weight excluding hydrogens is 688 g/mol. The van der Waals surface area contributed by atoms with Crippen LogP contribution in [0.3, 0.4) is 0 Å². The van der Waals surface area contributed by atoms with Gasteiger partial charge in [0.25, 0.3) is 0 Å². The molecule has 0 N–H and O–H groups in total. The van der Waals surface area contributed by atoms with Crippen molar-refractivity contribution in [1.82, 2.24) is 0 Å². The molecule has 5 aliphatic heterocycles. The van der Waals surface area contributed by atoms with Gasteiger partial charge in [-0.25, -0.2) is 0 Å². The molecule has 7 fully saturated rings. The van der Waals surface area contributed by atoms with Crippen LogP contribution in [-0.4, -0.2) is 82.4 Å². The Kier molecular flexibility index (Phi) is 8.20. The van der Waals surface area contributed by atoms with Crippen LogP contribution in [0, 0.1) is 34.5 Å². The van der Waals surface area contributed by atoms with Crippen LogP contribution in [0.1, 0.15) is 146 Å². The van der Waals surface area contributed by atoms with Crippen LogP contribution in [0.5, 0.6) is 0 Å². The maximum absolute atomic E-state index is 15.2. The van der Waals surface area contributed by atoms with E-state index in [2.05, 4.69) is 55.4 Å². The van der Waals surface area contributed by atoms with Gasteiger partial charge in [-0.3, -0.25) is 14.4 Å². The van der Waals surface area contributed by atoms with Gasteiger partial charge in [-0.1, -0.05) is 27.7 Å². The summed E-state index contributed by atoms with van der Waals surface area (Å²) >= 11 is 0. The monoisotopic (exact) mass is 752 g/mol. The van der Waals surface area contributed by atoms with Crippen molar-refractivity contribution in [3.05, 3.63) is 11.3 Å². The van der Waals surface area contributed by atoms with Gasteiger partial charge >= 0.3 is 11.9 Å². The first-order valence-corrected chi connectivity index (χ1v) is 21.1. The van der Waals surface area contributed by atoms with Gasteiger partial charge in [0, 0.05) is 51.4 Å². The van der Waals surface area contributed by atoms with Crippen molar-refractivity contribution in [1.29, 1.82) is 0 Å². The smallest absolute Gasteiger partial charge is 0.302 e. The highest BCUT2D eigenvalue weighted by Crippen LogP contribution is 2.65. The number of hydrogen-bond donors (Lipinski definition) is 0. The molecule has 3 saturated carbocycles. The van der Waals surface area contributed by atoms with E-state index in [0.717, 1.165) is 49.9 Å². The summed E-state index contributed by atoms with van der Waals surface area (Å²) in [7, 11) is 0.